The number of anilines is 1. The van der Waals surface area contributed by atoms with Crippen LogP contribution in [0, 0.1) is 10.1 Å². The van der Waals surface area contributed by atoms with Crippen molar-refractivity contribution in [2.24, 2.45) is 5.73 Å². The van der Waals surface area contributed by atoms with E-state index in [1.54, 1.807) is 10.6 Å². The molecule has 3 aromatic carbocycles. The van der Waals surface area contributed by atoms with Crippen LogP contribution in [0.4, 0.5) is 11.7 Å². The maximum Gasteiger partial charge on any atom is 0.335 e. The number of nitrogens with zero attached hydrogens (tertiary/aromatic N) is 3. The van der Waals surface area contributed by atoms with Crippen molar-refractivity contribution in [2.45, 2.75) is 6.54 Å². The molecule has 5 rings (SSSR count). The first-order valence-electron chi connectivity index (χ1n) is 10.4. The minimum absolute atomic E-state index is 0.0109. The fourth-order valence-electron chi connectivity index (χ4n) is 4.07. The van der Waals surface area contributed by atoms with Crippen LogP contribution < -0.4 is 11.1 Å². The molecule has 2 aromatic heterocycles. The first kappa shape index (κ1) is 21.6. The van der Waals surface area contributed by atoms with Crippen LogP contribution in [0.1, 0.15) is 26.3 Å². The molecule has 0 saturated heterocycles. The van der Waals surface area contributed by atoms with Crippen LogP contribution in [0.2, 0.25) is 0 Å². The van der Waals surface area contributed by atoms with Crippen molar-refractivity contribution in [1.82, 2.24) is 9.55 Å². The number of carbonyl (C=O) groups excluding carboxylic acids is 1. The van der Waals surface area contributed by atoms with Crippen molar-refractivity contribution < 1.29 is 24.0 Å². The van der Waals surface area contributed by atoms with Crippen LogP contribution in [-0.4, -0.2) is 31.5 Å². The Morgan fingerprint density at radius 2 is 1.77 bits per heavy atom. The Morgan fingerprint density at radius 1 is 1.06 bits per heavy atom. The number of nitrogens with one attached hydrogen (secondary N) is 1. The van der Waals surface area contributed by atoms with E-state index < -0.39 is 16.8 Å². The van der Waals surface area contributed by atoms with Crippen molar-refractivity contribution >= 4 is 45.4 Å². The quantitative estimate of drug-likeness (QED) is 0.236. The number of fused-ring (bicyclic) bond motifs is 3. The molecule has 0 unspecified atom stereocenters. The normalized spacial score (nSPS) is 11.1. The molecule has 11 heteroatoms. The van der Waals surface area contributed by atoms with E-state index in [9.17, 15) is 24.8 Å². The number of oxazole rings is 1. The molecule has 0 radical (unpaired) electrons. The Labute approximate surface area is 196 Å². The number of hydrogen-bond acceptors (Lipinski definition) is 7. The largest absolute Gasteiger partial charge is 0.478 e. The number of nitro groups is 1. The fourth-order valence-corrected chi connectivity index (χ4v) is 4.07. The van der Waals surface area contributed by atoms with Gasteiger partial charge in [-0.3, -0.25) is 14.9 Å². The van der Waals surface area contributed by atoms with Gasteiger partial charge in [0.05, 0.1) is 27.7 Å². The molecule has 0 saturated carbocycles. The van der Waals surface area contributed by atoms with Gasteiger partial charge in [-0.15, -0.1) is 0 Å². The average molecular weight is 471 g/mol. The van der Waals surface area contributed by atoms with Gasteiger partial charge >= 0.3 is 5.97 Å². The minimum Gasteiger partial charge on any atom is -0.478 e. The van der Waals surface area contributed by atoms with Crippen molar-refractivity contribution in [2.75, 3.05) is 5.32 Å². The number of nitrogens with two attached hydrogens (primary N) is 1. The van der Waals surface area contributed by atoms with E-state index >= 15 is 0 Å². The first-order chi connectivity index (χ1) is 16.8. The monoisotopic (exact) mass is 471 g/mol. The lowest BCUT2D eigenvalue weighted by Crippen LogP contribution is -2.12. The lowest BCUT2D eigenvalue weighted by Gasteiger charge is -2.11. The molecule has 1 amide bonds. The van der Waals surface area contributed by atoms with Crippen LogP contribution in [0.5, 0.6) is 0 Å². The summed E-state index contributed by atoms with van der Waals surface area (Å²) in [7, 11) is 0. The summed E-state index contributed by atoms with van der Waals surface area (Å²) >= 11 is 0. The predicted molar refractivity (Wildman–Crippen MR) is 127 cm³/mol. The lowest BCUT2D eigenvalue weighted by atomic mass is 10.1. The second kappa shape index (κ2) is 8.30. The third-order valence-electron chi connectivity index (χ3n) is 5.65. The van der Waals surface area contributed by atoms with Crippen molar-refractivity contribution in [1.29, 1.82) is 0 Å². The number of carboxylic acid groups (broad SMARTS) is 1. The highest BCUT2D eigenvalue weighted by molar-refractivity contribution is 6.11. The van der Waals surface area contributed by atoms with Gasteiger partial charge in [-0.2, -0.15) is 0 Å². The van der Waals surface area contributed by atoms with E-state index in [1.807, 2.05) is 18.2 Å². The highest BCUT2D eigenvalue weighted by Gasteiger charge is 2.23. The Kier molecular flexibility index (Phi) is 5.13. The number of hydrogen-bond donors (Lipinski definition) is 3. The zero-order chi connectivity index (χ0) is 24.7. The highest BCUT2D eigenvalue weighted by atomic mass is 16.6. The molecule has 5 aromatic rings. The van der Waals surface area contributed by atoms with Gasteiger partial charge in [-0.25, -0.2) is 9.78 Å². The number of carboxylic acids is 1. The third kappa shape index (κ3) is 3.80. The number of benzene rings is 3. The summed E-state index contributed by atoms with van der Waals surface area (Å²) in [5.74, 6) is -1.92. The molecule has 174 valence electrons. The Hall–Kier alpha value is -5.19. The van der Waals surface area contributed by atoms with Gasteiger partial charge < -0.3 is 25.1 Å². The molecule has 2 heterocycles. The molecule has 0 aliphatic carbocycles. The fraction of sp³-hybridized carbons (Fsp3) is 0.0417. The second-order valence-electron chi connectivity index (χ2n) is 7.74. The van der Waals surface area contributed by atoms with Gasteiger partial charge in [0, 0.05) is 28.9 Å². The number of aromatic nitrogens is 2. The van der Waals surface area contributed by atoms with Crippen LogP contribution in [-0.2, 0) is 6.54 Å². The summed E-state index contributed by atoms with van der Waals surface area (Å²) in [6.45, 7) is 0.362. The van der Waals surface area contributed by atoms with Gasteiger partial charge in [-0.1, -0.05) is 18.2 Å². The number of nitro benzene ring substituents is 1. The first-order valence-corrected chi connectivity index (χ1v) is 10.4. The molecule has 0 aliphatic heterocycles. The molecule has 0 atom stereocenters. The van der Waals surface area contributed by atoms with E-state index in [-0.39, 0.29) is 22.5 Å². The molecule has 0 fully saturated rings. The third-order valence-corrected chi connectivity index (χ3v) is 5.65. The van der Waals surface area contributed by atoms with Crippen LogP contribution in [0.15, 0.2) is 71.5 Å². The molecule has 11 nitrogen and oxygen atoms in total. The van der Waals surface area contributed by atoms with E-state index in [4.69, 9.17) is 10.2 Å². The second-order valence-corrected chi connectivity index (χ2v) is 7.74. The van der Waals surface area contributed by atoms with Gasteiger partial charge in [0.25, 0.3) is 11.7 Å². The number of carbonyl (C=O) groups is 2. The topological polar surface area (TPSA) is 167 Å². The lowest BCUT2D eigenvalue weighted by molar-refractivity contribution is -0.384. The van der Waals surface area contributed by atoms with Crippen LogP contribution in [0.3, 0.4) is 0 Å². The van der Waals surface area contributed by atoms with Crippen molar-refractivity contribution in [3.63, 3.8) is 0 Å². The Balaban J connectivity index is 1.78. The van der Waals surface area contributed by atoms with Crippen molar-refractivity contribution in [3.05, 3.63) is 93.9 Å². The molecule has 0 aliphatic rings. The number of amides is 1. The van der Waals surface area contributed by atoms with E-state index in [0.717, 1.165) is 17.0 Å². The van der Waals surface area contributed by atoms with Crippen molar-refractivity contribution in [3.8, 4) is 5.69 Å². The molecule has 0 bridgehead atoms. The van der Waals surface area contributed by atoms with E-state index in [0.29, 0.717) is 29.0 Å². The molecular formula is C24H17N5O6. The SMILES string of the molecule is NC(=O)c1ccc(-n2c3cc(CNc4ncco4)ccc3c3ccc(C(=O)O)cc32)c([N+](=O)[O-])c1. The summed E-state index contributed by atoms with van der Waals surface area (Å²) in [5.41, 5.74) is 7.08. The number of aromatic carboxylic acids is 1. The smallest absolute Gasteiger partial charge is 0.335 e. The average Bonchev–Trinajstić information content (AvgIpc) is 3.47. The van der Waals surface area contributed by atoms with E-state index in [1.165, 1.54) is 36.7 Å². The predicted octanol–water partition coefficient (Wildman–Crippen LogP) is 4.09. The molecule has 35 heavy (non-hydrogen) atoms. The number of rotatable bonds is 7. The number of primary amides is 1. The van der Waals surface area contributed by atoms with E-state index in [2.05, 4.69) is 10.3 Å². The van der Waals surface area contributed by atoms with Crippen LogP contribution in [0.25, 0.3) is 27.5 Å². The standard InChI is InChI=1S/C24H17N5O6/c25-22(30)14-3-6-18(21(10-14)29(33)34)28-19-9-13(12-27-24-26-7-8-35-24)1-4-16(19)17-5-2-15(23(31)32)11-20(17)28/h1-11H,12H2,(H2,25,30)(H,26,27)(H,31,32). The molecule has 0 spiro atoms. The summed E-state index contributed by atoms with van der Waals surface area (Å²) in [4.78, 5) is 38.7. The molecule has 4 N–H and O–H groups in total. The van der Waals surface area contributed by atoms with Crippen LogP contribution >= 0.6 is 0 Å². The van der Waals surface area contributed by atoms with Gasteiger partial charge in [-0.05, 0) is 35.9 Å². The Bertz CT molecular complexity index is 1640. The maximum absolute atomic E-state index is 12.0. The Morgan fingerprint density at radius 3 is 2.43 bits per heavy atom. The zero-order valence-electron chi connectivity index (χ0n) is 18.0. The summed E-state index contributed by atoms with van der Waals surface area (Å²) in [6.07, 6.45) is 2.95. The summed E-state index contributed by atoms with van der Waals surface area (Å²) in [5, 5.41) is 26.0. The highest BCUT2D eigenvalue weighted by Crippen LogP contribution is 2.36. The van der Waals surface area contributed by atoms with Gasteiger partial charge in [0.15, 0.2) is 0 Å². The van der Waals surface area contributed by atoms with Gasteiger partial charge in [0.2, 0.25) is 5.91 Å². The maximum atomic E-state index is 12.0. The van der Waals surface area contributed by atoms with Gasteiger partial charge in [0.1, 0.15) is 12.0 Å². The summed E-state index contributed by atoms with van der Waals surface area (Å²) < 4.78 is 6.82. The molecular weight excluding hydrogens is 454 g/mol. The zero-order valence-corrected chi connectivity index (χ0v) is 18.0. The minimum atomic E-state index is -1.13. The summed E-state index contributed by atoms with van der Waals surface area (Å²) in [6, 6.07) is 14.5.